The van der Waals surface area contributed by atoms with Crippen LogP contribution in [0.15, 0.2) is 29.2 Å². The number of fused-ring (bicyclic) bond motifs is 1. The van der Waals surface area contributed by atoms with Gasteiger partial charge in [0.15, 0.2) is 0 Å². The molecule has 0 radical (unpaired) electrons. The summed E-state index contributed by atoms with van der Waals surface area (Å²) in [4.78, 5) is 24.7. The van der Waals surface area contributed by atoms with Crippen molar-refractivity contribution in [2.45, 2.75) is 44.7 Å². The van der Waals surface area contributed by atoms with E-state index in [1.54, 1.807) is 20.0 Å². The summed E-state index contributed by atoms with van der Waals surface area (Å²) in [5.41, 5.74) is -0.974. The zero-order valence-electron chi connectivity index (χ0n) is 20.1. The van der Waals surface area contributed by atoms with Crippen LogP contribution in [-0.4, -0.2) is 47.4 Å². The Morgan fingerprint density at radius 1 is 1.17 bits per heavy atom. The van der Waals surface area contributed by atoms with Crippen LogP contribution in [0, 0.1) is 12.7 Å². The summed E-state index contributed by atoms with van der Waals surface area (Å²) in [5, 5.41) is 6.89. The lowest BCUT2D eigenvalue weighted by Gasteiger charge is -2.31. The maximum Gasteiger partial charge on any atom is 0.276 e. The normalized spacial score (nSPS) is 18.0. The molecular formula is C25H28F4N6O. The predicted octanol–water partition coefficient (Wildman–Crippen LogP) is 4.22. The standard InChI is InChI=1S/C25H28F4N6O/c1-14(16-4-3-5-17(19(16)27)22(28)29)31-23-18-12-35(25(13-26)6-7-25)24(36)21(20(18)32-15(2)33-23)34-10-8-30-9-11-34/h3-5,12,14,22,30H,6-11,13H2,1-2H3,(H,31,32,33)/t14-/m1/s1. The van der Waals surface area contributed by atoms with Gasteiger partial charge in [-0.05, 0) is 26.7 Å². The van der Waals surface area contributed by atoms with Gasteiger partial charge in [-0.1, -0.05) is 18.2 Å². The van der Waals surface area contributed by atoms with Gasteiger partial charge in [0.05, 0.1) is 22.5 Å². The number of aromatic nitrogens is 3. The van der Waals surface area contributed by atoms with Gasteiger partial charge >= 0.3 is 0 Å². The molecule has 1 saturated carbocycles. The number of piperazine rings is 1. The first-order valence-corrected chi connectivity index (χ1v) is 12.0. The lowest BCUT2D eigenvalue weighted by Crippen LogP contribution is -2.47. The molecule has 192 valence electrons. The number of aryl methyl sites for hydroxylation is 1. The summed E-state index contributed by atoms with van der Waals surface area (Å²) < 4.78 is 56.9. The first kappa shape index (κ1) is 24.5. The monoisotopic (exact) mass is 504 g/mol. The van der Waals surface area contributed by atoms with Gasteiger partial charge in [0, 0.05) is 37.9 Å². The van der Waals surface area contributed by atoms with E-state index in [-0.39, 0.29) is 11.1 Å². The summed E-state index contributed by atoms with van der Waals surface area (Å²) in [7, 11) is 0. The van der Waals surface area contributed by atoms with Gasteiger partial charge in [-0.3, -0.25) is 4.79 Å². The highest BCUT2D eigenvalue weighted by atomic mass is 19.3. The van der Waals surface area contributed by atoms with Gasteiger partial charge in [0.1, 0.15) is 35.3 Å². The lowest BCUT2D eigenvalue weighted by molar-refractivity contribution is 0.146. The second-order valence-electron chi connectivity index (χ2n) is 9.55. The van der Waals surface area contributed by atoms with Gasteiger partial charge in [0.25, 0.3) is 12.0 Å². The minimum absolute atomic E-state index is 0.0651. The van der Waals surface area contributed by atoms with Crippen LogP contribution in [0.25, 0.3) is 10.9 Å². The number of halogens is 4. The minimum atomic E-state index is -2.94. The first-order chi connectivity index (χ1) is 17.3. The zero-order chi connectivity index (χ0) is 25.6. The molecule has 1 aliphatic heterocycles. The van der Waals surface area contributed by atoms with E-state index in [0.717, 1.165) is 6.07 Å². The van der Waals surface area contributed by atoms with Crippen LogP contribution in [0.1, 0.15) is 49.2 Å². The summed E-state index contributed by atoms with van der Waals surface area (Å²) in [6, 6.07) is 3.17. The zero-order valence-corrected chi connectivity index (χ0v) is 20.1. The topological polar surface area (TPSA) is 75.1 Å². The highest BCUT2D eigenvalue weighted by Crippen LogP contribution is 2.44. The third kappa shape index (κ3) is 4.19. The van der Waals surface area contributed by atoms with Crippen molar-refractivity contribution in [2.75, 3.05) is 43.1 Å². The van der Waals surface area contributed by atoms with E-state index in [0.29, 0.717) is 67.3 Å². The number of benzene rings is 1. The summed E-state index contributed by atoms with van der Waals surface area (Å²) in [6.45, 7) is 5.22. The molecule has 0 bridgehead atoms. The van der Waals surface area contributed by atoms with Crippen molar-refractivity contribution in [3.63, 3.8) is 0 Å². The molecule has 11 heteroatoms. The number of anilines is 2. The molecule has 0 unspecified atom stereocenters. The van der Waals surface area contributed by atoms with Gasteiger partial charge in [0.2, 0.25) is 0 Å². The van der Waals surface area contributed by atoms with Gasteiger partial charge in [-0.2, -0.15) is 0 Å². The minimum Gasteiger partial charge on any atom is -0.363 e. The molecule has 3 heterocycles. The van der Waals surface area contributed by atoms with E-state index in [2.05, 4.69) is 20.6 Å². The highest BCUT2D eigenvalue weighted by Gasteiger charge is 2.46. The molecule has 1 saturated heterocycles. The molecule has 36 heavy (non-hydrogen) atoms. The Morgan fingerprint density at radius 3 is 2.50 bits per heavy atom. The maximum absolute atomic E-state index is 14.9. The summed E-state index contributed by atoms with van der Waals surface area (Å²) >= 11 is 0. The second-order valence-corrected chi connectivity index (χ2v) is 9.55. The second kappa shape index (κ2) is 9.34. The van der Waals surface area contributed by atoms with Crippen molar-refractivity contribution in [2.24, 2.45) is 0 Å². The molecule has 1 aromatic carbocycles. The smallest absolute Gasteiger partial charge is 0.276 e. The van der Waals surface area contributed by atoms with Gasteiger partial charge in [-0.25, -0.2) is 27.5 Å². The number of hydrogen-bond donors (Lipinski definition) is 2. The quantitative estimate of drug-likeness (QED) is 0.470. The summed E-state index contributed by atoms with van der Waals surface area (Å²) in [6.07, 6.45) is -0.261. The first-order valence-electron chi connectivity index (χ1n) is 12.0. The van der Waals surface area contributed by atoms with E-state index >= 15 is 0 Å². The number of pyridine rings is 1. The predicted molar refractivity (Wildman–Crippen MR) is 130 cm³/mol. The highest BCUT2D eigenvalue weighted by molar-refractivity contribution is 5.97. The average molecular weight is 505 g/mol. The SMILES string of the molecule is Cc1nc(N[C@H](C)c2cccc(C(F)F)c2F)c2cn(C3(CF)CC3)c(=O)c(N3CCNCC3)c2n1. The molecule has 1 atom stereocenters. The van der Waals surface area contributed by atoms with Crippen molar-refractivity contribution in [1.82, 2.24) is 19.9 Å². The third-order valence-electron chi connectivity index (χ3n) is 7.09. The summed E-state index contributed by atoms with van der Waals surface area (Å²) in [5.74, 6) is -0.263. The molecule has 0 spiro atoms. The van der Waals surface area contributed by atoms with Crippen molar-refractivity contribution in [3.8, 4) is 0 Å². The molecule has 1 aliphatic carbocycles. The van der Waals surface area contributed by atoms with Crippen LogP contribution in [0.2, 0.25) is 0 Å². The van der Waals surface area contributed by atoms with Crippen molar-refractivity contribution in [3.05, 3.63) is 57.5 Å². The largest absolute Gasteiger partial charge is 0.363 e. The van der Waals surface area contributed by atoms with Crippen LogP contribution < -0.4 is 21.1 Å². The molecule has 7 nitrogen and oxygen atoms in total. The third-order valence-corrected chi connectivity index (χ3v) is 7.09. The Balaban J connectivity index is 1.67. The van der Waals surface area contributed by atoms with Crippen molar-refractivity contribution >= 4 is 22.4 Å². The van der Waals surface area contributed by atoms with Crippen LogP contribution in [0.5, 0.6) is 0 Å². The Labute approximate surface area is 205 Å². The molecular weight excluding hydrogens is 476 g/mol. The molecule has 0 amide bonds. The van der Waals surface area contributed by atoms with E-state index in [9.17, 15) is 22.4 Å². The van der Waals surface area contributed by atoms with Gasteiger partial charge < -0.3 is 20.1 Å². The van der Waals surface area contributed by atoms with Crippen molar-refractivity contribution in [1.29, 1.82) is 0 Å². The number of rotatable bonds is 7. The molecule has 2 aliphatic rings. The number of nitrogens with one attached hydrogen (secondary N) is 2. The fraction of sp³-hybridized carbons (Fsp3) is 0.480. The van der Waals surface area contributed by atoms with E-state index < -0.39 is 36.1 Å². The van der Waals surface area contributed by atoms with E-state index in [1.165, 1.54) is 16.7 Å². The molecule has 2 N–H and O–H groups in total. The van der Waals surface area contributed by atoms with Crippen LogP contribution in [0.3, 0.4) is 0 Å². The molecule has 2 fully saturated rings. The molecule has 5 rings (SSSR count). The maximum atomic E-state index is 14.9. The number of alkyl halides is 3. The Bertz CT molecular complexity index is 1350. The van der Waals surface area contributed by atoms with E-state index in [4.69, 9.17) is 0 Å². The fourth-order valence-corrected chi connectivity index (χ4v) is 4.86. The van der Waals surface area contributed by atoms with Gasteiger partial charge in [-0.15, -0.1) is 0 Å². The van der Waals surface area contributed by atoms with E-state index in [1.807, 2.05) is 4.90 Å². The average Bonchev–Trinajstić information content (AvgIpc) is 3.65. The number of nitrogens with zero attached hydrogens (tertiary/aromatic N) is 4. The fourth-order valence-electron chi connectivity index (χ4n) is 4.86. The Kier molecular flexibility index (Phi) is 6.36. The Morgan fingerprint density at radius 2 is 1.86 bits per heavy atom. The number of hydrogen-bond acceptors (Lipinski definition) is 6. The van der Waals surface area contributed by atoms with Crippen molar-refractivity contribution < 1.29 is 17.6 Å². The molecule has 2 aromatic heterocycles. The van der Waals surface area contributed by atoms with Crippen LogP contribution in [-0.2, 0) is 5.54 Å². The van der Waals surface area contributed by atoms with Crippen LogP contribution >= 0.6 is 0 Å². The van der Waals surface area contributed by atoms with Crippen LogP contribution in [0.4, 0.5) is 29.1 Å². The Hall–Kier alpha value is -3.21. The lowest BCUT2D eigenvalue weighted by atomic mass is 10.0. The molecule has 3 aromatic rings.